The molecule has 1 aromatic heterocycles. The highest BCUT2D eigenvalue weighted by atomic mass is 16.5. The minimum absolute atomic E-state index is 0.0150. The first-order valence-corrected chi connectivity index (χ1v) is 7.37. The van der Waals surface area contributed by atoms with E-state index in [1.165, 1.54) is 12.8 Å². The van der Waals surface area contributed by atoms with E-state index in [1.54, 1.807) is 7.11 Å². The maximum absolute atomic E-state index is 5.47. The molecule has 2 rings (SSSR count). The van der Waals surface area contributed by atoms with Gasteiger partial charge in [-0.3, -0.25) is 0 Å². The van der Waals surface area contributed by atoms with Crippen molar-refractivity contribution in [3.05, 3.63) is 11.7 Å². The number of nitrogens with one attached hydrogen (secondary N) is 1. The van der Waals surface area contributed by atoms with Crippen molar-refractivity contribution in [3.63, 3.8) is 0 Å². The Bertz CT molecular complexity index is 377. The van der Waals surface area contributed by atoms with Crippen molar-refractivity contribution in [1.82, 2.24) is 15.5 Å². The third kappa shape index (κ3) is 4.01. The molecule has 0 radical (unpaired) electrons. The summed E-state index contributed by atoms with van der Waals surface area (Å²) in [6.45, 7) is 5.37. The van der Waals surface area contributed by atoms with Crippen molar-refractivity contribution in [2.45, 2.75) is 58.1 Å². The van der Waals surface area contributed by atoms with Crippen LogP contribution in [0.25, 0.3) is 0 Å². The predicted octanol–water partition coefficient (Wildman–Crippen LogP) is 2.49. The fourth-order valence-electron chi connectivity index (χ4n) is 2.29. The Morgan fingerprint density at radius 3 is 2.79 bits per heavy atom. The molecule has 1 aliphatic rings. The molecule has 1 fully saturated rings. The lowest BCUT2D eigenvalue weighted by molar-refractivity contribution is 0.0751. The largest absolute Gasteiger partial charge is 0.373 e. The molecule has 0 amide bonds. The Labute approximate surface area is 115 Å². The van der Waals surface area contributed by atoms with Gasteiger partial charge < -0.3 is 14.6 Å². The molecule has 5 nitrogen and oxygen atoms in total. The normalized spacial score (nSPS) is 18.5. The highest BCUT2D eigenvalue weighted by Gasteiger charge is 2.35. The molecule has 1 saturated carbocycles. The summed E-state index contributed by atoms with van der Waals surface area (Å²) in [5, 5.41) is 7.57. The second-order valence-electron chi connectivity index (χ2n) is 5.30. The molecule has 1 heterocycles. The molecule has 1 aromatic rings. The highest BCUT2D eigenvalue weighted by molar-refractivity contribution is 4.99. The van der Waals surface area contributed by atoms with Crippen molar-refractivity contribution in [3.8, 4) is 0 Å². The van der Waals surface area contributed by atoms with Crippen LogP contribution >= 0.6 is 0 Å². The van der Waals surface area contributed by atoms with E-state index in [2.05, 4.69) is 29.3 Å². The van der Waals surface area contributed by atoms with Crippen molar-refractivity contribution in [2.24, 2.45) is 5.92 Å². The molecule has 0 spiro atoms. The van der Waals surface area contributed by atoms with Crippen LogP contribution in [-0.4, -0.2) is 29.8 Å². The summed E-state index contributed by atoms with van der Waals surface area (Å²) in [7, 11) is 1.72. The summed E-state index contributed by atoms with van der Waals surface area (Å²) in [5.41, 5.74) is 0. The lowest BCUT2D eigenvalue weighted by atomic mass is 10.1. The zero-order valence-corrected chi connectivity index (χ0v) is 12.2. The number of hydrogen-bond donors (Lipinski definition) is 1. The van der Waals surface area contributed by atoms with Gasteiger partial charge in [0.25, 0.3) is 0 Å². The standard InChI is InChI=1S/C14H25N3O2/c1-4-8-15-11(5-2)9-12-16-14(17-19-12)13(18-3)10-6-7-10/h10-11,13,15H,4-9H2,1-3H3. The Kier molecular flexibility index (Phi) is 5.34. The second kappa shape index (κ2) is 7.01. The van der Waals surface area contributed by atoms with Crippen LogP contribution in [0, 0.1) is 5.92 Å². The number of ether oxygens (including phenoxy) is 1. The fraction of sp³-hybridized carbons (Fsp3) is 0.857. The number of aromatic nitrogens is 2. The molecule has 0 aliphatic heterocycles. The summed E-state index contributed by atoms with van der Waals surface area (Å²) in [5.74, 6) is 2.01. The van der Waals surface area contributed by atoms with Gasteiger partial charge in [0.1, 0.15) is 6.10 Å². The lowest BCUT2D eigenvalue weighted by Crippen LogP contribution is -2.31. The molecule has 108 valence electrons. The van der Waals surface area contributed by atoms with Crippen LogP contribution in [0.5, 0.6) is 0 Å². The van der Waals surface area contributed by atoms with E-state index in [-0.39, 0.29) is 6.10 Å². The average Bonchev–Trinajstić information content (AvgIpc) is 3.15. The Morgan fingerprint density at radius 1 is 1.42 bits per heavy atom. The Balaban J connectivity index is 1.91. The van der Waals surface area contributed by atoms with Crippen LogP contribution in [0.3, 0.4) is 0 Å². The van der Waals surface area contributed by atoms with Crippen LogP contribution in [0.2, 0.25) is 0 Å². The van der Waals surface area contributed by atoms with Gasteiger partial charge in [0, 0.05) is 19.6 Å². The third-order valence-corrected chi connectivity index (χ3v) is 3.64. The van der Waals surface area contributed by atoms with E-state index in [0.717, 1.165) is 25.8 Å². The van der Waals surface area contributed by atoms with Gasteiger partial charge in [0.15, 0.2) is 0 Å². The minimum atomic E-state index is 0.0150. The minimum Gasteiger partial charge on any atom is -0.373 e. The predicted molar refractivity (Wildman–Crippen MR) is 72.8 cm³/mol. The Morgan fingerprint density at radius 2 is 2.21 bits per heavy atom. The summed E-state index contributed by atoms with van der Waals surface area (Å²) >= 11 is 0. The summed E-state index contributed by atoms with van der Waals surface area (Å²) in [6.07, 6.45) is 5.43. The molecule has 5 heteroatoms. The number of nitrogens with zero attached hydrogens (tertiary/aromatic N) is 2. The van der Waals surface area contributed by atoms with Crippen molar-refractivity contribution in [2.75, 3.05) is 13.7 Å². The molecule has 2 unspecified atom stereocenters. The molecule has 0 saturated heterocycles. The maximum Gasteiger partial charge on any atom is 0.228 e. The first-order valence-electron chi connectivity index (χ1n) is 7.37. The molecule has 0 bridgehead atoms. The molecule has 19 heavy (non-hydrogen) atoms. The van der Waals surface area contributed by atoms with Crippen LogP contribution in [0.15, 0.2) is 4.52 Å². The van der Waals surface area contributed by atoms with Gasteiger partial charge in [-0.2, -0.15) is 4.98 Å². The van der Waals surface area contributed by atoms with Crippen LogP contribution < -0.4 is 5.32 Å². The lowest BCUT2D eigenvalue weighted by Gasteiger charge is -2.13. The zero-order chi connectivity index (χ0) is 13.7. The SMILES string of the molecule is CCCNC(CC)Cc1nc(C(OC)C2CC2)no1. The van der Waals surface area contributed by atoms with Crippen molar-refractivity contribution < 1.29 is 9.26 Å². The van der Waals surface area contributed by atoms with Gasteiger partial charge in [-0.1, -0.05) is 19.0 Å². The van der Waals surface area contributed by atoms with Gasteiger partial charge in [0.05, 0.1) is 0 Å². The molecule has 0 aromatic carbocycles. The maximum atomic E-state index is 5.47. The van der Waals surface area contributed by atoms with Crippen LogP contribution in [0.4, 0.5) is 0 Å². The van der Waals surface area contributed by atoms with Crippen molar-refractivity contribution >= 4 is 0 Å². The third-order valence-electron chi connectivity index (χ3n) is 3.64. The van der Waals surface area contributed by atoms with E-state index in [1.807, 2.05) is 0 Å². The Hall–Kier alpha value is -0.940. The second-order valence-corrected chi connectivity index (χ2v) is 5.30. The summed E-state index contributed by atoms with van der Waals surface area (Å²) in [6, 6.07) is 0.412. The van der Waals surface area contributed by atoms with E-state index in [9.17, 15) is 0 Å². The van der Waals surface area contributed by atoms with Gasteiger partial charge >= 0.3 is 0 Å². The number of hydrogen-bond acceptors (Lipinski definition) is 5. The van der Waals surface area contributed by atoms with Crippen LogP contribution in [-0.2, 0) is 11.2 Å². The molecule has 1 aliphatic carbocycles. The van der Waals surface area contributed by atoms with Crippen molar-refractivity contribution in [1.29, 1.82) is 0 Å². The van der Waals surface area contributed by atoms with E-state index < -0.39 is 0 Å². The van der Waals surface area contributed by atoms with Gasteiger partial charge in [-0.05, 0) is 38.1 Å². The van der Waals surface area contributed by atoms with Gasteiger partial charge in [-0.15, -0.1) is 0 Å². The van der Waals surface area contributed by atoms with E-state index in [0.29, 0.717) is 23.7 Å². The number of rotatable bonds is 9. The zero-order valence-electron chi connectivity index (χ0n) is 12.2. The molecular weight excluding hydrogens is 242 g/mol. The van der Waals surface area contributed by atoms with E-state index >= 15 is 0 Å². The van der Waals surface area contributed by atoms with Gasteiger partial charge in [0.2, 0.25) is 11.7 Å². The monoisotopic (exact) mass is 267 g/mol. The first-order chi connectivity index (χ1) is 9.28. The molecule has 1 N–H and O–H groups in total. The fourth-order valence-corrected chi connectivity index (χ4v) is 2.29. The first kappa shape index (κ1) is 14.5. The van der Waals surface area contributed by atoms with Crippen LogP contribution in [0.1, 0.15) is 57.3 Å². The quantitative estimate of drug-likeness (QED) is 0.745. The average molecular weight is 267 g/mol. The smallest absolute Gasteiger partial charge is 0.228 e. The molecule has 2 atom stereocenters. The summed E-state index contributed by atoms with van der Waals surface area (Å²) in [4.78, 5) is 4.50. The topological polar surface area (TPSA) is 60.2 Å². The van der Waals surface area contributed by atoms with E-state index in [4.69, 9.17) is 9.26 Å². The summed E-state index contributed by atoms with van der Waals surface area (Å²) < 4.78 is 10.8. The number of methoxy groups -OCH3 is 1. The highest BCUT2D eigenvalue weighted by Crippen LogP contribution is 2.41. The molecular formula is C14H25N3O2. The van der Waals surface area contributed by atoms with Gasteiger partial charge in [-0.25, -0.2) is 0 Å².